The molecule has 0 bridgehead atoms. The van der Waals surface area contributed by atoms with Gasteiger partial charge in [-0.2, -0.15) is 0 Å². The topological polar surface area (TPSA) is 98.7 Å². The summed E-state index contributed by atoms with van der Waals surface area (Å²) in [6.45, 7) is 0.937. The summed E-state index contributed by atoms with van der Waals surface area (Å²) in [6.07, 6.45) is 3.47. The summed E-state index contributed by atoms with van der Waals surface area (Å²) < 4.78 is 0. The summed E-state index contributed by atoms with van der Waals surface area (Å²) in [5, 5.41) is 14.8. The first-order chi connectivity index (χ1) is 12.0. The second kappa shape index (κ2) is 7.65. The molecule has 2 aliphatic rings. The number of hydrogen-bond donors (Lipinski definition) is 3. The summed E-state index contributed by atoms with van der Waals surface area (Å²) in [7, 11) is 0. The summed E-state index contributed by atoms with van der Waals surface area (Å²) in [4.78, 5) is 37.3. The molecule has 134 valence electrons. The number of hydrogen-bond acceptors (Lipinski definition) is 4. The van der Waals surface area contributed by atoms with Crippen LogP contribution in [0.25, 0.3) is 0 Å². The zero-order valence-corrected chi connectivity index (χ0v) is 14.0. The fourth-order valence-corrected chi connectivity index (χ4v) is 2.99. The molecular formula is C18H23N3O4. The van der Waals surface area contributed by atoms with Gasteiger partial charge in [0.1, 0.15) is 0 Å². The summed E-state index contributed by atoms with van der Waals surface area (Å²) in [5.41, 5.74) is 1.18. The van der Waals surface area contributed by atoms with Crippen molar-refractivity contribution in [2.45, 2.75) is 38.2 Å². The van der Waals surface area contributed by atoms with Crippen LogP contribution in [-0.4, -0.2) is 42.0 Å². The van der Waals surface area contributed by atoms with Crippen molar-refractivity contribution in [3.63, 3.8) is 0 Å². The van der Waals surface area contributed by atoms with E-state index in [4.69, 9.17) is 0 Å². The Bertz CT molecular complexity index is 672. The van der Waals surface area contributed by atoms with Gasteiger partial charge in [-0.25, -0.2) is 0 Å². The van der Waals surface area contributed by atoms with Crippen LogP contribution in [0.5, 0.6) is 0 Å². The van der Waals surface area contributed by atoms with Crippen molar-refractivity contribution in [3.05, 3.63) is 24.3 Å². The molecule has 0 spiro atoms. The standard InChI is InChI=1S/C18H23N3O4/c22-15(12-6-7-12)8-9-19-17(24)18(25)20-13-3-1-4-14(11-13)21-10-2-5-16(21)23/h1,3-4,11-12,15,22H,2,5-10H2,(H,19,24)(H,20,25)/t15-/m0/s1. The lowest BCUT2D eigenvalue weighted by atomic mass is 10.1. The van der Waals surface area contributed by atoms with Crippen LogP contribution in [0.15, 0.2) is 24.3 Å². The number of nitrogens with one attached hydrogen (secondary N) is 2. The van der Waals surface area contributed by atoms with E-state index in [2.05, 4.69) is 10.6 Å². The molecule has 3 N–H and O–H groups in total. The van der Waals surface area contributed by atoms with Crippen LogP contribution in [0.3, 0.4) is 0 Å². The summed E-state index contributed by atoms with van der Waals surface area (Å²) in [6, 6.07) is 6.90. The first-order valence-electron chi connectivity index (χ1n) is 8.72. The quantitative estimate of drug-likeness (QED) is 0.671. The van der Waals surface area contributed by atoms with E-state index in [-0.39, 0.29) is 12.5 Å². The molecule has 2 fully saturated rings. The number of carbonyl (C=O) groups excluding carboxylic acids is 3. The number of rotatable bonds is 6. The van der Waals surface area contributed by atoms with Gasteiger partial charge in [-0.3, -0.25) is 14.4 Å². The number of aliphatic hydroxyl groups excluding tert-OH is 1. The zero-order valence-electron chi connectivity index (χ0n) is 14.0. The molecular weight excluding hydrogens is 322 g/mol. The third-order valence-corrected chi connectivity index (χ3v) is 4.59. The third-order valence-electron chi connectivity index (χ3n) is 4.59. The molecule has 1 aromatic rings. The molecule has 7 nitrogen and oxygen atoms in total. The van der Waals surface area contributed by atoms with E-state index < -0.39 is 17.9 Å². The Kier molecular flexibility index (Phi) is 5.33. The Morgan fingerprint density at radius 3 is 2.76 bits per heavy atom. The van der Waals surface area contributed by atoms with Crippen molar-refractivity contribution >= 4 is 29.1 Å². The number of anilines is 2. The van der Waals surface area contributed by atoms with E-state index in [1.165, 1.54) is 0 Å². The molecule has 1 aliphatic carbocycles. The van der Waals surface area contributed by atoms with Crippen LogP contribution < -0.4 is 15.5 Å². The molecule has 0 radical (unpaired) electrons. The molecule has 1 heterocycles. The fraction of sp³-hybridized carbons (Fsp3) is 0.500. The Hall–Kier alpha value is -2.41. The zero-order chi connectivity index (χ0) is 17.8. The first kappa shape index (κ1) is 17.4. The van der Waals surface area contributed by atoms with Crippen LogP contribution in [0.2, 0.25) is 0 Å². The molecule has 7 heteroatoms. The van der Waals surface area contributed by atoms with Gasteiger partial charge in [0.2, 0.25) is 5.91 Å². The number of amides is 3. The number of carbonyl (C=O) groups is 3. The van der Waals surface area contributed by atoms with E-state index in [0.29, 0.717) is 36.7 Å². The lowest BCUT2D eigenvalue weighted by molar-refractivity contribution is -0.136. The first-order valence-corrected chi connectivity index (χ1v) is 8.72. The van der Waals surface area contributed by atoms with Gasteiger partial charge in [-0.05, 0) is 49.8 Å². The normalized spacial score (nSPS) is 18.1. The maximum absolute atomic E-state index is 12.0. The maximum Gasteiger partial charge on any atom is 0.313 e. The van der Waals surface area contributed by atoms with Crippen LogP contribution in [-0.2, 0) is 14.4 Å². The molecule has 1 saturated carbocycles. The SMILES string of the molecule is O=C(NCC[C@H](O)C1CC1)C(=O)Nc1cccc(N2CCCC2=O)c1. The van der Waals surface area contributed by atoms with Gasteiger partial charge in [0.15, 0.2) is 0 Å². The molecule has 3 rings (SSSR count). The average Bonchev–Trinajstić information content (AvgIpc) is 3.36. The molecule has 3 amide bonds. The fourth-order valence-electron chi connectivity index (χ4n) is 2.99. The van der Waals surface area contributed by atoms with Crippen molar-refractivity contribution < 1.29 is 19.5 Å². The van der Waals surface area contributed by atoms with Gasteiger partial charge in [-0.15, -0.1) is 0 Å². The Balaban J connectivity index is 1.49. The summed E-state index contributed by atoms with van der Waals surface area (Å²) in [5.74, 6) is -1.08. The summed E-state index contributed by atoms with van der Waals surface area (Å²) >= 11 is 0. The van der Waals surface area contributed by atoms with Crippen LogP contribution >= 0.6 is 0 Å². The minimum atomic E-state index is -0.759. The minimum Gasteiger partial charge on any atom is -0.393 e. The highest BCUT2D eigenvalue weighted by Crippen LogP contribution is 2.33. The van der Waals surface area contributed by atoms with E-state index in [9.17, 15) is 19.5 Å². The van der Waals surface area contributed by atoms with E-state index in [1.807, 2.05) is 0 Å². The molecule has 1 saturated heterocycles. The highest BCUT2D eigenvalue weighted by Gasteiger charge is 2.29. The van der Waals surface area contributed by atoms with Gasteiger partial charge in [-0.1, -0.05) is 6.07 Å². The van der Waals surface area contributed by atoms with Gasteiger partial charge in [0.05, 0.1) is 6.10 Å². The lowest BCUT2D eigenvalue weighted by Gasteiger charge is -2.16. The van der Waals surface area contributed by atoms with Gasteiger partial charge >= 0.3 is 11.8 Å². The minimum absolute atomic E-state index is 0.0652. The Morgan fingerprint density at radius 1 is 1.28 bits per heavy atom. The van der Waals surface area contributed by atoms with Crippen LogP contribution in [0.1, 0.15) is 32.1 Å². The predicted molar refractivity (Wildman–Crippen MR) is 93.0 cm³/mol. The maximum atomic E-state index is 12.0. The molecule has 0 aromatic heterocycles. The van der Waals surface area contributed by atoms with E-state index >= 15 is 0 Å². The molecule has 1 atom stereocenters. The second-order valence-electron chi connectivity index (χ2n) is 6.60. The van der Waals surface area contributed by atoms with E-state index in [1.54, 1.807) is 29.2 Å². The number of aliphatic hydroxyl groups is 1. The average molecular weight is 345 g/mol. The highest BCUT2D eigenvalue weighted by atomic mass is 16.3. The molecule has 1 aliphatic heterocycles. The largest absolute Gasteiger partial charge is 0.393 e. The van der Waals surface area contributed by atoms with Gasteiger partial charge in [0, 0.05) is 30.9 Å². The monoisotopic (exact) mass is 345 g/mol. The third kappa shape index (κ3) is 4.57. The molecule has 1 aromatic carbocycles. The van der Waals surface area contributed by atoms with Crippen molar-refractivity contribution in [1.29, 1.82) is 0 Å². The highest BCUT2D eigenvalue weighted by molar-refractivity contribution is 6.39. The predicted octanol–water partition coefficient (Wildman–Crippen LogP) is 1.03. The van der Waals surface area contributed by atoms with Gasteiger partial charge in [0.25, 0.3) is 0 Å². The smallest absolute Gasteiger partial charge is 0.313 e. The lowest BCUT2D eigenvalue weighted by Crippen LogP contribution is -2.37. The van der Waals surface area contributed by atoms with Crippen LogP contribution in [0.4, 0.5) is 11.4 Å². The van der Waals surface area contributed by atoms with E-state index in [0.717, 1.165) is 19.3 Å². The second-order valence-corrected chi connectivity index (χ2v) is 6.60. The van der Waals surface area contributed by atoms with Crippen molar-refractivity contribution in [2.24, 2.45) is 5.92 Å². The Morgan fingerprint density at radius 2 is 2.08 bits per heavy atom. The van der Waals surface area contributed by atoms with Crippen molar-refractivity contribution in [2.75, 3.05) is 23.3 Å². The van der Waals surface area contributed by atoms with Crippen molar-refractivity contribution in [1.82, 2.24) is 5.32 Å². The Labute approximate surface area is 146 Å². The molecule has 25 heavy (non-hydrogen) atoms. The van der Waals surface area contributed by atoms with Crippen LogP contribution in [0, 0.1) is 5.92 Å². The number of benzene rings is 1. The molecule has 0 unspecified atom stereocenters. The van der Waals surface area contributed by atoms with Crippen molar-refractivity contribution in [3.8, 4) is 0 Å². The number of nitrogens with zero attached hydrogens (tertiary/aromatic N) is 1. The van der Waals surface area contributed by atoms with Gasteiger partial charge < -0.3 is 20.6 Å².